The number of rotatable bonds is 4. The van der Waals surface area contributed by atoms with Crippen LogP contribution in [-0.2, 0) is 6.42 Å². The number of piperidine rings is 1. The van der Waals surface area contributed by atoms with Gasteiger partial charge in [0.25, 0.3) is 11.5 Å². The van der Waals surface area contributed by atoms with Gasteiger partial charge in [0, 0.05) is 42.9 Å². The van der Waals surface area contributed by atoms with Crippen LogP contribution in [0.3, 0.4) is 0 Å². The summed E-state index contributed by atoms with van der Waals surface area (Å²) in [6.45, 7) is 1.16. The van der Waals surface area contributed by atoms with Gasteiger partial charge in [-0.15, -0.1) is 0 Å². The summed E-state index contributed by atoms with van der Waals surface area (Å²) in [4.78, 5) is 27.8. The van der Waals surface area contributed by atoms with Gasteiger partial charge < -0.3 is 19.9 Å². The topological polar surface area (TPSA) is 106 Å². The summed E-state index contributed by atoms with van der Waals surface area (Å²) in [7, 11) is 1.65. The molecule has 160 valence electrons. The number of aromatic amines is 1. The number of nitrogens with one attached hydrogen (secondary N) is 1. The van der Waals surface area contributed by atoms with E-state index in [9.17, 15) is 9.59 Å². The molecule has 0 spiro atoms. The fraction of sp³-hybridized carbons (Fsp3) is 0.348. The fourth-order valence-corrected chi connectivity index (χ4v) is 5.13. The number of benzene rings is 1. The van der Waals surface area contributed by atoms with E-state index < -0.39 is 0 Å². The molecule has 2 aromatic heterocycles. The maximum atomic E-state index is 13.1. The molecule has 1 saturated heterocycles. The molecule has 0 aliphatic carbocycles. The Balaban J connectivity index is 1.51. The third-order valence-electron chi connectivity index (χ3n) is 6.49. The number of methoxy groups -OCH3 is 1. The minimum atomic E-state index is -0.106. The van der Waals surface area contributed by atoms with E-state index in [1.54, 1.807) is 19.2 Å². The summed E-state index contributed by atoms with van der Waals surface area (Å²) < 4.78 is 7.33. The summed E-state index contributed by atoms with van der Waals surface area (Å²) in [5.74, 6) is 1.28. The van der Waals surface area contributed by atoms with E-state index >= 15 is 0 Å². The highest BCUT2D eigenvalue weighted by Gasteiger charge is 2.42. The van der Waals surface area contributed by atoms with Gasteiger partial charge >= 0.3 is 0 Å². The number of nitrogens with zero attached hydrogens (tertiary/aromatic N) is 3. The summed E-state index contributed by atoms with van der Waals surface area (Å²) in [5.41, 5.74) is 8.20. The molecule has 1 amide bonds. The number of carbonyl (C=O) groups excluding carboxylic acids is 1. The van der Waals surface area contributed by atoms with Crippen LogP contribution in [0, 0.1) is 5.92 Å². The number of amides is 1. The van der Waals surface area contributed by atoms with Crippen LogP contribution in [0.2, 0.25) is 0 Å². The van der Waals surface area contributed by atoms with Gasteiger partial charge in [0.05, 0.1) is 7.11 Å². The number of carbonyl (C=O) groups is 1. The Morgan fingerprint density at radius 1 is 1.23 bits per heavy atom. The number of H-pyrrole nitrogens is 1. The van der Waals surface area contributed by atoms with Crippen molar-refractivity contribution in [2.45, 2.75) is 24.8 Å². The second-order valence-electron chi connectivity index (χ2n) is 8.39. The van der Waals surface area contributed by atoms with Crippen molar-refractivity contribution in [2.75, 3.05) is 25.9 Å². The van der Waals surface area contributed by atoms with Gasteiger partial charge in [-0.1, -0.05) is 18.2 Å². The summed E-state index contributed by atoms with van der Waals surface area (Å²) in [5, 5.41) is 6.61. The molecule has 1 fully saturated rings. The molecule has 8 nitrogen and oxygen atoms in total. The van der Waals surface area contributed by atoms with Gasteiger partial charge in [-0.3, -0.25) is 14.7 Å². The van der Waals surface area contributed by atoms with Crippen LogP contribution in [0.5, 0.6) is 5.75 Å². The first-order chi connectivity index (χ1) is 15.0. The van der Waals surface area contributed by atoms with Crippen molar-refractivity contribution in [3.63, 3.8) is 0 Å². The van der Waals surface area contributed by atoms with E-state index in [0.29, 0.717) is 31.0 Å². The minimum absolute atomic E-state index is 0.0150. The predicted molar refractivity (Wildman–Crippen MR) is 116 cm³/mol. The molecule has 0 unspecified atom stereocenters. The molecule has 3 atom stereocenters. The normalized spacial score (nSPS) is 22.1. The highest BCUT2D eigenvalue weighted by atomic mass is 16.5. The van der Waals surface area contributed by atoms with Crippen LogP contribution >= 0.6 is 0 Å². The predicted octanol–water partition coefficient (Wildman–Crippen LogP) is 2.21. The number of nitrogens with two attached hydrogens (primary N) is 1. The fourth-order valence-electron chi connectivity index (χ4n) is 5.13. The monoisotopic (exact) mass is 419 g/mol. The minimum Gasteiger partial charge on any atom is -0.497 e. The molecule has 2 bridgehead atoms. The lowest BCUT2D eigenvalue weighted by molar-refractivity contribution is 0.0523. The number of pyridine rings is 1. The van der Waals surface area contributed by atoms with Gasteiger partial charge in [0.15, 0.2) is 0 Å². The van der Waals surface area contributed by atoms with Crippen molar-refractivity contribution >= 4 is 11.7 Å². The number of fused-ring (bicyclic) bond motifs is 4. The molecule has 0 radical (unpaired) electrons. The molecular weight excluding hydrogens is 394 g/mol. The number of likely N-dealkylation sites (tertiary alicyclic amines) is 1. The Morgan fingerprint density at radius 3 is 2.84 bits per heavy atom. The molecule has 8 heteroatoms. The maximum absolute atomic E-state index is 13.1. The Labute approximate surface area is 179 Å². The SMILES string of the molecule is COc1cccc(C[C@H]2[C@H]3C[C@H](CN(C(=O)c4cc(N)n[nH]4)C3)c3cccc(=O)n32)c1. The van der Waals surface area contributed by atoms with Crippen molar-refractivity contribution in [3.05, 3.63) is 75.8 Å². The van der Waals surface area contributed by atoms with Gasteiger partial charge in [-0.25, -0.2) is 0 Å². The highest BCUT2D eigenvalue weighted by molar-refractivity contribution is 5.93. The van der Waals surface area contributed by atoms with Crippen LogP contribution in [0.15, 0.2) is 53.3 Å². The molecule has 5 rings (SSSR count). The second-order valence-corrected chi connectivity index (χ2v) is 8.39. The molecule has 3 aromatic rings. The number of aromatic nitrogens is 3. The lowest BCUT2D eigenvalue weighted by Crippen LogP contribution is -2.51. The zero-order chi connectivity index (χ0) is 21.5. The van der Waals surface area contributed by atoms with Crippen LogP contribution in [0.25, 0.3) is 0 Å². The zero-order valence-electron chi connectivity index (χ0n) is 17.3. The molecule has 2 aliphatic rings. The van der Waals surface area contributed by atoms with Gasteiger partial charge in [0.2, 0.25) is 0 Å². The van der Waals surface area contributed by atoms with Crippen molar-refractivity contribution in [1.82, 2.24) is 19.7 Å². The molecule has 1 aromatic carbocycles. The number of ether oxygens (including phenoxy) is 1. The van der Waals surface area contributed by atoms with Gasteiger partial charge in [-0.05, 0) is 42.5 Å². The van der Waals surface area contributed by atoms with Crippen LogP contribution in [0.4, 0.5) is 5.82 Å². The summed E-state index contributed by atoms with van der Waals surface area (Å²) in [6, 6.07) is 14.9. The standard InChI is InChI=1S/C23H25N5O3/c1-31-17-5-2-4-14(8-17)9-20-16-10-15(19-6-3-7-22(29)28(19)20)12-27(13-16)23(30)18-11-21(24)26-25-18/h2-8,11,15-16,20H,9-10,12-13H2,1H3,(H3,24,25,26)/t15-,16+,20+/m1/s1. The van der Waals surface area contributed by atoms with E-state index in [1.807, 2.05) is 39.8 Å². The highest BCUT2D eigenvalue weighted by Crippen LogP contribution is 2.42. The van der Waals surface area contributed by atoms with Crippen molar-refractivity contribution < 1.29 is 9.53 Å². The molecule has 0 saturated carbocycles. The van der Waals surface area contributed by atoms with Gasteiger partial charge in [0.1, 0.15) is 17.3 Å². The average Bonchev–Trinajstić information content (AvgIpc) is 3.22. The van der Waals surface area contributed by atoms with E-state index in [2.05, 4.69) is 16.3 Å². The first kappa shape index (κ1) is 19.4. The van der Waals surface area contributed by atoms with Gasteiger partial charge in [-0.2, -0.15) is 5.10 Å². The maximum Gasteiger partial charge on any atom is 0.271 e. The van der Waals surface area contributed by atoms with E-state index in [1.165, 1.54) is 0 Å². The third-order valence-corrected chi connectivity index (χ3v) is 6.49. The van der Waals surface area contributed by atoms with Crippen molar-refractivity contribution in [2.24, 2.45) is 5.92 Å². The summed E-state index contributed by atoms with van der Waals surface area (Å²) in [6.07, 6.45) is 1.65. The molecule has 31 heavy (non-hydrogen) atoms. The van der Waals surface area contributed by atoms with E-state index in [4.69, 9.17) is 10.5 Å². The van der Waals surface area contributed by atoms with Crippen LogP contribution in [0.1, 0.15) is 40.1 Å². The van der Waals surface area contributed by atoms with E-state index in [-0.39, 0.29) is 29.3 Å². The Morgan fingerprint density at radius 2 is 2.06 bits per heavy atom. The van der Waals surface area contributed by atoms with Crippen LogP contribution < -0.4 is 16.0 Å². The molecule has 3 N–H and O–H groups in total. The van der Waals surface area contributed by atoms with Crippen LogP contribution in [-0.4, -0.2) is 45.8 Å². The average molecular weight is 419 g/mol. The Hall–Kier alpha value is -3.55. The zero-order valence-corrected chi connectivity index (χ0v) is 17.3. The number of hydrogen-bond donors (Lipinski definition) is 2. The second kappa shape index (κ2) is 7.61. The first-order valence-corrected chi connectivity index (χ1v) is 10.5. The Bertz CT molecular complexity index is 1180. The molecular formula is C23H25N5O3. The quantitative estimate of drug-likeness (QED) is 0.674. The lowest BCUT2D eigenvalue weighted by Gasteiger charge is -2.47. The molecule has 4 heterocycles. The third kappa shape index (κ3) is 3.48. The van der Waals surface area contributed by atoms with Crippen molar-refractivity contribution in [1.29, 1.82) is 0 Å². The summed E-state index contributed by atoms with van der Waals surface area (Å²) >= 11 is 0. The first-order valence-electron chi connectivity index (χ1n) is 10.5. The van der Waals surface area contributed by atoms with Crippen molar-refractivity contribution in [3.8, 4) is 5.75 Å². The van der Waals surface area contributed by atoms with E-state index in [0.717, 1.165) is 23.4 Å². The lowest BCUT2D eigenvalue weighted by atomic mass is 9.76. The largest absolute Gasteiger partial charge is 0.497 e. The number of anilines is 1. The Kier molecular flexibility index (Phi) is 4.77. The number of nitrogen functional groups attached to an aromatic ring is 1. The smallest absolute Gasteiger partial charge is 0.271 e. The molecule has 2 aliphatic heterocycles. The number of hydrogen-bond acceptors (Lipinski definition) is 5.